The number of anilines is 2. The van der Waals surface area contributed by atoms with Gasteiger partial charge in [0.25, 0.3) is 17.5 Å². The lowest BCUT2D eigenvalue weighted by atomic mass is 10.1. The van der Waals surface area contributed by atoms with Gasteiger partial charge >= 0.3 is 0 Å². The molecule has 2 amide bonds. The highest BCUT2D eigenvalue weighted by atomic mass is 35.5. The Morgan fingerprint density at radius 3 is 2.10 bits per heavy atom. The Labute approximate surface area is 185 Å². The highest BCUT2D eigenvalue weighted by Gasteiger charge is 2.17. The quantitative estimate of drug-likeness (QED) is 0.354. The summed E-state index contributed by atoms with van der Waals surface area (Å²) in [5, 5.41) is 16.8. The number of halogens is 3. The van der Waals surface area contributed by atoms with Gasteiger partial charge in [-0.15, -0.1) is 0 Å². The molecule has 3 aromatic carbocycles. The average molecular weight is 465 g/mol. The fourth-order valence-electron chi connectivity index (χ4n) is 2.54. The van der Waals surface area contributed by atoms with Crippen LogP contribution in [0, 0.1) is 10.1 Å². The highest BCUT2D eigenvalue weighted by molar-refractivity contribution is 6.37. The molecule has 0 atom stereocenters. The summed E-state index contributed by atoms with van der Waals surface area (Å²) in [7, 11) is 0. The van der Waals surface area contributed by atoms with Crippen LogP contribution in [0.5, 0.6) is 0 Å². The summed E-state index contributed by atoms with van der Waals surface area (Å²) in [6, 6.07) is 14.6. The van der Waals surface area contributed by atoms with Crippen LogP contribution >= 0.6 is 34.8 Å². The van der Waals surface area contributed by atoms with Crippen molar-refractivity contribution in [2.75, 3.05) is 10.6 Å². The van der Waals surface area contributed by atoms with Crippen molar-refractivity contribution in [3.05, 3.63) is 97.0 Å². The molecule has 2 N–H and O–H groups in total. The van der Waals surface area contributed by atoms with E-state index in [1.54, 1.807) is 24.3 Å². The zero-order valence-electron chi connectivity index (χ0n) is 15.0. The van der Waals surface area contributed by atoms with Crippen LogP contribution in [0.4, 0.5) is 17.1 Å². The van der Waals surface area contributed by atoms with Crippen LogP contribution in [-0.2, 0) is 0 Å². The van der Waals surface area contributed by atoms with E-state index in [4.69, 9.17) is 34.8 Å². The molecule has 0 aliphatic rings. The molecule has 152 valence electrons. The number of benzene rings is 3. The van der Waals surface area contributed by atoms with Gasteiger partial charge in [-0.1, -0.05) is 40.9 Å². The Morgan fingerprint density at radius 1 is 0.800 bits per heavy atom. The van der Waals surface area contributed by atoms with Crippen molar-refractivity contribution in [1.29, 1.82) is 0 Å². The van der Waals surface area contributed by atoms with Crippen LogP contribution in [0.2, 0.25) is 15.1 Å². The summed E-state index contributed by atoms with van der Waals surface area (Å²) in [6.07, 6.45) is 0. The van der Waals surface area contributed by atoms with Crippen LogP contribution in [0.1, 0.15) is 20.7 Å². The zero-order valence-corrected chi connectivity index (χ0v) is 17.3. The molecule has 0 fully saturated rings. The molecule has 10 heteroatoms. The average Bonchev–Trinajstić information content (AvgIpc) is 2.68. The lowest BCUT2D eigenvalue weighted by Crippen LogP contribution is -2.14. The van der Waals surface area contributed by atoms with Crippen molar-refractivity contribution >= 4 is 63.7 Å². The van der Waals surface area contributed by atoms with Gasteiger partial charge in [-0.2, -0.15) is 0 Å². The van der Waals surface area contributed by atoms with E-state index in [2.05, 4.69) is 10.6 Å². The first-order valence-corrected chi connectivity index (χ1v) is 9.50. The van der Waals surface area contributed by atoms with Crippen molar-refractivity contribution in [2.24, 2.45) is 0 Å². The van der Waals surface area contributed by atoms with Gasteiger partial charge < -0.3 is 10.6 Å². The molecule has 0 aliphatic carbocycles. The molecule has 0 aliphatic heterocycles. The van der Waals surface area contributed by atoms with Gasteiger partial charge in [-0.3, -0.25) is 19.7 Å². The minimum atomic E-state index is -0.669. The summed E-state index contributed by atoms with van der Waals surface area (Å²) in [5.41, 5.74) is 0.714. The van der Waals surface area contributed by atoms with Gasteiger partial charge in [0.2, 0.25) is 0 Å². The summed E-state index contributed by atoms with van der Waals surface area (Å²) >= 11 is 17.6. The Bertz CT molecular complexity index is 1170. The van der Waals surface area contributed by atoms with E-state index in [1.165, 1.54) is 30.3 Å². The molecule has 0 saturated carbocycles. The maximum Gasteiger partial charge on any atom is 0.288 e. The van der Waals surface area contributed by atoms with Crippen LogP contribution in [0.3, 0.4) is 0 Å². The van der Waals surface area contributed by atoms with Gasteiger partial charge in [0.15, 0.2) is 0 Å². The molecule has 0 unspecified atom stereocenters. The maximum absolute atomic E-state index is 12.4. The van der Waals surface area contributed by atoms with E-state index in [1.807, 2.05) is 0 Å². The minimum absolute atomic E-state index is 0.0634. The number of nitro groups is 1. The third kappa shape index (κ3) is 5.07. The van der Waals surface area contributed by atoms with E-state index < -0.39 is 16.7 Å². The number of rotatable bonds is 5. The Morgan fingerprint density at radius 2 is 1.47 bits per heavy atom. The van der Waals surface area contributed by atoms with Crippen molar-refractivity contribution in [3.8, 4) is 0 Å². The number of carbonyl (C=O) groups excluding carboxylic acids is 2. The normalized spacial score (nSPS) is 10.4. The van der Waals surface area contributed by atoms with E-state index in [9.17, 15) is 19.7 Å². The molecule has 0 aromatic heterocycles. The first-order valence-electron chi connectivity index (χ1n) is 8.36. The number of nitro benzene ring substituents is 1. The van der Waals surface area contributed by atoms with Gasteiger partial charge in [-0.05, 0) is 48.5 Å². The van der Waals surface area contributed by atoms with Crippen LogP contribution < -0.4 is 10.6 Å². The summed E-state index contributed by atoms with van der Waals surface area (Å²) in [6.45, 7) is 0. The molecule has 30 heavy (non-hydrogen) atoms. The Balaban J connectivity index is 1.75. The predicted molar refractivity (Wildman–Crippen MR) is 117 cm³/mol. The molecule has 0 heterocycles. The standard InChI is InChI=1S/C20H12Cl3N3O4/c21-12-5-6-15(17(23)9-12)20(28)25-14-3-1-2-13(10-14)24-19(27)11-4-7-16(22)18(8-11)26(29)30/h1-10H,(H,24,27)(H,25,28). The molecule has 0 radical (unpaired) electrons. The molecule has 7 nitrogen and oxygen atoms in total. The van der Waals surface area contributed by atoms with Gasteiger partial charge in [0, 0.05) is 28.0 Å². The molecular formula is C20H12Cl3N3O4. The number of nitrogens with zero attached hydrogens (tertiary/aromatic N) is 1. The number of amides is 2. The zero-order chi connectivity index (χ0) is 21.8. The molecule has 3 aromatic rings. The predicted octanol–water partition coefficient (Wildman–Crippen LogP) is 6.06. The van der Waals surface area contributed by atoms with Gasteiger partial charge in [0.1, 0.15) is 5.02 Å². The first-order chi connectivity index (χ1) is 14.2. The van der Waals surface area contributed by atoms with Crippen LogP contribution in [-0.4, -0.2) is 16.7 Å². The second kappa shape index (κ2) is 9.13. The first kappa shape index (κ1) is 21.6. The van der Waals surface area contributed by atoms with E-state index >= 15 is 0 Å². The van der Waals surface area contributed by atoms with Crippen molar-refractivity contribution in [1.82, 2.24) is 0 Å². The van der Waals surface area contributed by atoms with Crippen molar-refractivity contribution in [2.45, 2.75) is 0 Å². The molecular weight excluding hydrogens is 453 g/mol. The third-order valence-corrected chi connectivity index (χ3v) is 4.83. The summed E-state index contributed by atoms with van der Waals surface area (Å²) < 4.78 is 0. The van der Waals surface area contributed by atoms with E-state index in [0.29, 0.717) is 16.4 Å². The number of hydrogen-bond acceptors (Lipinski definition) is 4. The van der Waals surface area contributed by atoms with Crippen molar-refractivity contribution in [3.63, 3.8) is 0 Å². The number of carbonyl (C=O) groups is 2. The lowest BCUT2D eigenvalue weighted by molar-refractivity contribution is -0.384. The SMILES string of the molecule is O=C(Nc1cccc(NC(=O)c2ccc(Cl)cc2Cl)c1)c1ccc(Cl)c([N+](=O)[O-])c1. The fourth-order valence-corrected chi connectivity index (χ4v) is 3.22. The van der Waals surface area contributed by atoms with E-state index in [-0.39, 0.29) is 26.9 Å². The second-order valence-electron chi connectivity index (χ2n) is 6.04. The smallest absolute Gasteiger partial charge is 0.288 e. The third-order valence-electron chi connectivity index (χ3n) is 3.96. The molecule has 0 bridgehead atoms. The molecule has 0 spiro atoms. The largest absolute Gasteiger partial charge is 0.322 e. The van der Waals surface area contributed by atoms with Crippen molar-refractivity contribution < 1.29 is 14.5 Å². The Hall–Kier alpha value is -3.13. The maximum atomic E-state index is 12.4. The van der Waals surface area contributed by atoms with Crippen LogP contribution in [0.25, 0.3) is 0 Å². The second-order valence-corrected chi connectivity index (χ2v) is 7.29. The highest BCUT2D eigenvalue weighted by Crippen LogP contribution is 2.26. The topological polar surface area (TPSA) is 101 Å². The lowest BCUT2D eigenvalue weighted by Gasteiger charge is -2.10. The molecule has 0 saturated heterocycles. The number of hydrogen-bond donors (Lipinski definition) is 2. The molecule has 3 rings (SSSR count). The fraction of sp³-hybridized carbons (Fsp3) is 0. The summed E-state index contributed by atoms with van der Waals surface area (Å²) in [4.78, 5) is 35.2. The monoisotopic (exact) mass is 463 g/mol. The minimum Gasteiger partial charge on any atom is -0.322 e. The summed E-state index contributed by atoms with van der Waals surface area (Å²) in [5.74, 6) is -1.02. The Kier molecular flexibility index (Phi) is 6.56. The van der Waals surface area contributed by atoms with Gasteiger partial charge in [0.05, 0.1) is 15.5 Å². The van der Waals surface area contributed by atoms with E-state index in [0.717, 1.165) is 6.07 Å². The van der Waals surface area contributed by atoms with Gasteiger partial charge in [-0.25, -0.2) is 0 Å². The number of nitrogens with one attached hydrogen (secondary N) is 2. The van der Waals surface area contributed by atoms with Crippen LogP contribution in [0.15, 0.2) is 60.7 Å².